The molecule has 5 heteroatoms. The van der Waals surface area contributed by atoms with Crippen molar-refractivity contribution in [3.8, 4) is 0 Å². The molecule has 2 aromatic rings. The number of hydrogen-bond donors (Lipinski definition) is 2. The van der Waals surface area contributed by atoms with Crippen LogP contribution in [0.25, 0.3) is 0 Å². The smallest absolute Gasteiger partial charge is 0.224 e. The van der Waals surface area contributed by atoms with E-state index in [1.54, 1.807) is 18.3 Å². The van der Waals surface area contributed by atoms with E-state index in [2.05, 4.69) is 34.4 Å². The van der Waals surface area contributed by atoms with Crippen molar-refractivity contribution in [1.82, 2.24) is 9.97 Å². The molecule has 1 atom stereocenters. The maximum absolute atomic E-state index is 13.5. The van der Waals surface area contributed by atoms with Crippen molar-refractivity contribution in [2.75, 3.05) is 17.2 Å². The summed E-state index contributed by atoms with van der Waals surface area (Å²) in [7, 11) is 0. The van der Waals surface area contributed by atoms with Gasteiger partial charge >= 0.3 is 0 Å². The Morgan fingerprint density at radius 3 is 2.81 bits per heavy atom. The van der Waals surface area contributed by atoms with Gasteiger partial charge in [-0.05, 0) is 37.5 Å². The third-order valence-electron chi connectivity index (χ3n) is 3.30. The number of rotatable bonds is 7. The van der Waals surface area contributed by atoms with E-state index in [-0.39, 0.29) is 5.82 Å². The molecule has 0 aliphatic carbocycles. The molecule has 0 amide bonds. The van der Waals surface area contributed by atoms with Gasteiger partial charge in [-0.1, -0.05) is 25.1 Å². The predicted molar refractivity (Wildman–Crippen MR) is 84.0 cm³/mol. The number of nitrogens with one attached hydrogen (secondary N) is 2. The summed E-state index contributed by atoms with van der Waals surface area (Å²) in [6.45, 7) is 4.81. The second kappa shape index (κ2) is 7.57. The molecule has 0 aliphatic rings. The van der Waals surface area contributed by atoms with Crippen molar-refractivity contribution in [2.24, 2.45) is 0 Å². The Balaban J connectivity index is 1.88. The Morgan fingerprint density at radius 2 is 2.05 bits per heavy atom. The first-order chi connectivity index (χ1) is 10.2. The van der Waals surface area contributed by atoms with Gasteiger partial charge in [-0.3, -0.25) is 0 Å². The van der Waals surface area contributed by atoms with Crippen LogP contribution in [0.2, 0.25) is 0 Å². The maximum atomic E-state index is 13.5. The van der Waals surface area contributed by atoms with Gasteiger partial charge in [-0.25, -0.2) is 9.37 Å². The molecular formula is C16H21FN4. The zero-order valence-corrected chi connectivity index (χ0v) is 12.4. The van der Waals surface area contributed by atoms with E-state index in [0.29, 0.717) is 30.5 Å². The Bertz CT molecular complexity index is 574. The van der Waals surface area contributed by atoms with E-state index in [9.17, 15) is 4.39 Å². The highest BCUT2D eigenvalue weighted by molar-refractivity contribution is 5.40. The van der Waals surface area contributed by atoms with Crippen molar-refractivity contribution in [2.45, 2.75) is 32.7 Å². The summed E-state index contributed by atoms with van der Waals surface area (Å²) in [6, 6.07) is 9.01. The molecule has 0 saturated carbocycles. The summed E-state index contributed by atoms with van der Waals surface area (Å²) in [5.41, 5.74) is 0.693. The minimum Gasteiger partial charge on any atom is -0.367 e. The van der Waals surface area contributed by atoms with Crippen LogP contribution in [0.5, 0.6) is 0 Å². The average molecular weight is 288 g/mol. The van der Waals surface area contributed by atoms with Gasteiger partial charge in [0.2, 0.25) is 5.95 Å². The fraction of sp³-hybridized carbons (Fsp3) is 0.375. The molecule has 1 aromatic heterocycles. The van der Waals surface area contributed by atoms with Crippen LogP contribution in [0.4, 0.5) is 16.2 Å². The van der Waals surface area contributed by atoms with E-state index in [0.717, 1.165) is 12.2 Å². The van der Waals surface area contributed by atoms with Crippen LogP contribution in [0.3, 0.4) is 0 Å². The number of hydrogen-bond acceptors (Lipinski definition) is 4. The molecule has 0 radical (unpaired) electrons. The lowest BCUT2D eigenvalue weighted by atomic mass is 10.1. The number of halogens is 1. The van der Waals surface area contributed by atoms with Gasteiger partial charge in [0.25, 0.3) is 0 Å². The molecule has 0 saturated heterocycles. The van der Waals surface area contributed by atoms with Crippen molar-refractivity contribution in [3.05, 3.63) is 47.9 Å². The van der Waals surface area contributed by atoms with Crippen molar-refractivity contribution < 1.29 is 4.39 Å². The van der Waals surface area contributed by atoms with Crippen molar-refractivity contribution >= 4 is 11.8 Å². The van der Waals surface area contributed by atoms with Crippen LogP contribution < -0.4 is 10.6 Å². The van der Waals surface area contributed by atoms with Gasteiger partial charge in [0, 0.05) is 18.8 Å². The van der Waals surface area contributed by atoms with E-state index in [4.69, 9.17) is 0 Å². The Morgan fingerprint density at radius 1 is 1.24 bits per heavy atom. The zero-order valence-electron chi connectivity index (χ0n) is 12.4. The first-order valence-electron chi connectivity index (χ1n) is 7.26. The van der Waals surface area contributed by atoms with Crippen molar-refractivity contribution in [1.29, 1.82) is 0 Å². The molecule has 1 unspecified atom stereocenters. The lowest BCUT2D eigenvalue weighted by Crippen LogP contribution is -2.15. The van der Waals surface area contributed by atoms with Crippen LogP contribution >= 0.6 is 0 Å². The highest BCUT2D eigenvalue weighted by atomic mass is 19.1. The zero-order chi connectivity index (χ0) is 15.1. The lowest BCUT2D eigenvalue weighted by Gasteiger charge is -2.12. The molecule has 2 N–H and O–H groups in total. The third-order valence-corrected chi connectivity index (χ3v) is 3.30. The molecule has 0 fully saturated rings. The largest absolute Gasteiger partial charge is 0.367 e. The van der Waals surface area contributed by atoms with E-state index < -0.39 is 0 Å². The van der Waals surface area contributed by atoms with E-state index >= 15 is 0 Å². The normalized spacial score (nSPS) is 12.0. The molecule has 112 valence electrons. The number of aromatic nitrogens is 2. The number of nitrogens with zero attached hydrogens (tertiary/aromatic N) is 2. The van der Waals surface area contributed by atoms with Crippen LogP contribution in [0.15, 0.2) is 36.5 Å². The first-order valence-corrected chi connectivity index (χ1v) is 7.26. The molecule has 1 aromatic carbocycles. The number of benzene rings is 1. The van der Waals surface area contributed by atoms with Gasteiger partial charge in [0.1, 0.15) is 11.6 Å². The Labute approximate surface area is 124 Å². The fourth-order valence-corrected chi connectivity index (χ4v) is 1.89. The summed E-state index contributed by atoms with van der Waals surface area (Å²) >= 11 is 0. The lowest BCUT2D eigenvalue weighted by molar-refractivity contribution is 0.610. The van der Waals surface area contributed by atoms with E-state index in [1.807, 2.05) is 12.1 Å². The monoisotopic (exact) mass is 288 g/mol. The summed E-state index contributed by atoms with van der Waals surface area (Å²) < 4.78 is 13.5. The average Bonchev–Trinajstić information content (AvgIpc) is 2.49. The van der Waals surface area contributed by atoms with Crippen LogP contribution in [0, 0.1) is 5.82 Å². The molecule has 0 spiro atoms. The van der Waals surface area contributed by atoms with Crippen molar-refractivity contribution in [3.63, 3.8) is 0 Å². The van der Waals surface area contributed by atoms with Crippen LogP contribution in [-0.4, -0.2) is 22.6 Å². The summed E-state index contributed by atoms with van der Waals surface area (Å²) in [4.78, 5) is 8.56. The van der Waals surface area contributed by atoms with Crippen LogP contribution in [-0.2, 0) is 6.42 Å². The second-order valence-corrected chi connectivity index (χ2v) is 4.99. The molecule has 21 heavy (non-hydrogen) atoms. The Hall–Kier alpha value is -2.17. The summed E-state index contributed by atoms with van der Waals surface area (Å²) in [6.07, 6.45) is 3.34. The topological polar surface area (TPSA) is 49.8 Å². The third kappa shape index (κ3) is 4.70. The highest BCUT2D eigenvalue weighted by Crippen LogP contribution is 2.10. The van der Waals surface area contributed by atoms with Gasteiger partial charge in [0.15, 0.2) is 0 Å². The number of anilines is 2. The molecular weight excluding hydrogens is 267 g/mol. The van der Waals surface area contributed by atoms with Gasteiger partial charge < -0.3 is 10.6 Å². The quantitative estimate of drug-likeness (QED) is 0.819. The minimum absolute atomic E-state index is 0.174. The molecule has 1 heterocycles. The standard InChI is InChI=1S/C16H21FN4/c1-3-12(2)20-15-9-11-19-16(21-15)18-10-8-13-6-4-5-7-14(13)17/h4-7,9,11-12H,3,8,10H2,1-2H3,(H2,18,19,20,21). The Kier molecular flexibility index (Phi) is 5.49. The molecule has 2 rings (SSSR count). The van der Waals surface area contributed by atoms with Crippen LogP contribution in [0.1, 0.15) is 25.8 Å². The highest BCUT2D eigenvalue weighted by Gasteiger charge is 2.03. The fourth-order valence-electron chi connectivity index (χ4n) is 1.89. The second-order valence-electron chi connectivity index (χ2n) is 4.99. The van der Waals surface area contributed by atoms with Gasteiger partial charge in [0.05, 0.1) is 0 Å². The van der Waals surface area contributed by atoms with E-state index in [1.165, 1.54) is 6.07 Å². The molecule has 0 aliphatic heterocycles. The predicted octanol–water partition coefficient (Wildman–Crippen LogP) is 3.48. The summed E-state index contributed by atoms with van der Waals surface area (Å²) in [5.74, 6) is 1.18. The van der Waals surface area contributed by atoms with Gasteiger partial charge in [-0.2, -0.15) is 4.98 Å². The SMILES string of the molecule is CCC(C)Nc1ccnc(NCCc2ccccc2F)n1. The molecule has 0 bridgehead atoms. The van der Waals surface area contributed by atoms with Gasteiger partial charge in [-0.15, -0.1) is 0 Å². The minimum atomic E-state index is -0.174. The first kappa shape index (κ1) is 15.2. The molecule has 4 nitrogen and oxygen atoms in total. The summed E-state index contributed by atoms with van der Waals surface area (Å²) in [5, 5.41) is 6.42. The maximum Gasteiger partial charge on any atom is 0.224 e.